The topological polar surface area (TPSA) is 967 Å². The highest BCUT2D eigenvalue weighted by Crippen LogP contribution is 2.17. The van der Waals surface area contributed by atoms with Crippen molar-refractivity contribution in [2.75, 3.05) is 57.4 Å². The van der Waals surface area contributed by atoms with Gasteiger partial charge in [0, 0.05) is 38.4 Å². The number of aliphatic hydroxyl groups excluding tert-OH is 1. The van der Waals surface area contributed by atoms with E-state index in [1.807, 2.05) is 0 Å². The summed E-state index contributed by atoms with van der Waals surface area (Å²) in [7, 11) is 0. The molecule has 56 nitrogen and oxygen atoms in total. The van der Waals surface area contributed by atoms with Crippen molar-refractivity contribution in [2.24, 2.45) is 63.4 Å². The third kappa shape index (κ3) is 55.2. The maximum absolute atomic E-state index is 14.5. The number of hydrogen-bond acceptors (Lipinski definition) is 32. The second kappa shape index (κ2) is 71.3. The molecule has 0 aromatic rings. The van der Waals surface area contributed by atoms with Gasteiger partial charge in [0.05, 0.1) is 31.7 Å². The Morgan fingerprint density at radius 3 is 0.887 bits per heavy atom. The second-order valence-electron chi connectivity index (χ2n) is 34.1. The number of unbranched alkanes of at least 4 members (excludes halogenated alkanes) is 5. The van der Waals surface area contributed by atoms with Crippen molar-refractivity contribution in [1.82, 2.24) is 90.4 Å². The molecular formula is C85H148N26O30S. The zero-order valence-electron chi connectivity index (χ0n) is 80.9. The fourth-order valence-corrected chi connectivity index (χ4v) is 14.3. The molecule has 57 heteroatoms. The third-order valence-electron chi connectivity index (χ3n) is 21.5. The number of carboxylic acids is 4. The lowest BCUT2D eigenvalue weighted by Gasteiger charge is -2.30. The monoisotopic (exact) mass is 2050 g/mol. The molecule has 0 heterocycles. The molecule has 21 amide bonds. The standard InChI is InChI=1S/C85H148N26O30S/c1-7-44(4)69(111-80(136)51(22-12-17-35-90)102-83(139)58(38-68(124)125)109-81(137)56(36-43(2)3)97-46(6)113)85(141)107-55(26-30-67(122)123)78(134)106-54(25-29-66(120)121)77(133)105-53(24-28-65(118)119)76(132)104-52(23-27-61(91)114)79(135)108-57(37-62(92)115)82(138)101-50(21-11-16-34-89)75(131)110-59(40-112)84(140)103-49(20-10-15-33-88)74(130)100-48(19-9-14-32-87)73(129)99-47(18-8-13-31-86)72(128)96-45(5)71(127)95-39-64(117)98-60(70(94)126)41-142-42-63(93)116/h43-45,47-60,69,112H,7-42,86-90H2,1-6H3,(H2,91,114)(H2,92,115)(H2,93,116)(H2,94,126)(H,95,127)(H,96,128)(H,97,113)(H,98,117)(H,99,129)(H,100,130)(H,101,138)(H,102,139)(H,103,140)(H,104,132)(H,105,133)(H,106,134)(H,107,141)(H,108,135)(H,109,137)(H,110,131)(H,111,136)(H,118,119)(H,120,121)(H,122,123)(H,124,125)/t44-,45-,47-,48-,49-,50-,51-,52-,53-,54-,55-,56-,57-,58-,59-,60-,69-/m0/s1. The van der Waals surface area contributed by atoms with E-state index < -0.39 is 328 Å². The van der Waals surface area contributed by atoms with Crippen molar-refractivity contribution in [2.45, 2.75) is 312 Å². The number of thioether (sulfide) groups is 1. The van der Waals surface area contributed by atoms with E-state index in [9.17, 15) is 145 Å². The van der Waals surface area contributed by atoms with E-state index in [4.69, 9.17) is 51.6 Å². The number of amides is 21. The summed E-state index contributed by atoms with van der Waals surface area (Å²) in [6, 6.07) is -27.6. The van der Waals surface area contributed by atoms with Crippen LogP contribution in [-0.2, 0) is 120 Å². The molecule has 0 aliphatic heterocycles. The smallest absolute Gasteiger partial charge is 0.305 e. The maximum Gasteiger partial charge on any atom is 0.305 e. The maximum atomic E-state index is 14.5. The van der Waals surface area contributed by atoms with Crippen molar-refractivity contribution < 1.29 is 145 Å². The van der Waals surface area contributed by atoms with E-state index in [1.54, 1.807) is 20.8 Å². The average molecular weight is 2050 g/mol. The normalized spacial score (nSPS) is 14.6. The zero-order chi connectivity index (χ0) is 108. The molecule has 40 N–H and O–H groups in total. The van der Waals surface area contributed by atoms with Crippen LogP contribution in [0.25, 0.3) is 0 Å². The predicted octanol–water partition coefficient (Wildman–Crippen LogP) is -11.5. The lowest BCUT2D eigenvalue weighted by Crippen LogP contribution is -2.61. The molecule has 0 radical (unpaired) electrons. The molecule has 804 valence electrons. The number of hydrogen-bond donors (Lipinski definition) is 31. The first-order valence-corrected chi connectivity index (χ1v) is 47.8. The molecule has 0 spiro atoms. The molecule has 0 bridgehead atoms. The summed E-state index contributed by atoms with van der Waals surface area (Å²) in [4.78, 5) is 335. The lowest BCUT2D eigenvalue weighted by atomic mass is 9.96. The minimum Gasteiger partial charge on any atom is -0.481 e. The molecule has 0 rings (SSSR count). The molecule has 0 aliphatic rings. The number of aliphatic hydroxyl groups is 1. The Labute approximate surface area is 824 Å². The van der Waals surface area contributed by atoms with Crippen LogP contribution in [0, 0.1) is 11.8 Å². The van der Waals surface area contributed by atoms with Gasteiger partial charge in [0.15, 0.2) is 0 Å². The minimum atomic E-state index is -2.14. The molecule has 0 fully saturated rings. The van der Waals surface area contributed by atoms with Crippen LogP contribution in [0.3, 0.4) is 0 Å². The first kappa shape index (κ1) is 129. The molecule has 0 unspecified atom stereocenters. The van der Waals surface area contributed by atoms with Crippen molar-refractivity contribution in [3.05, 3.63) is 0 Å². The number of carboxylic acid groups (broad SMARTS) is 4. The molecule has 0 aromatic carbocycles. The summed E-state index contributed by atoms with van der Waals surface area (Å²) in [5.74, 6) is -31.1. The van der Waals surface area contributed by atoms with Crippen molar-refractivity contribution >= 4 is 160 Å². The molecule has 0 saturated heterocycles. The molecular weight excluding hydrogens is 1900 g/mol. The van der Waals surface area contributed by atoms with Gasteiger partial charge in [-0.3, -0.25) is 120 Å². The number of carbonyl (C=O) groups is 25. The Bertz CT molecular complexity index is 4230. The minimum absolute atomic E-state index is 0.00527. The van der Waals surface area contributed by atoms with E-state index in [0.717, 1.165) is 18.7 Å². The number of primary amides is 4. The summed E-state index contributed by atoms with van der Waals surface area (Å²) < 4.78 is 0. The van der Waals surface area contributed by atoms with Gasteiger partial charge in [-0.1, -0.05) is 34.1 Å². The van der Waals surface area contributed by atoms with E-state index in [1.165, 1.54) is 13.8 Å². The van der Waals surface area contributed by atoms with E-state index in [0.29, 0.717) is 12.8 Å². The van der Waals surface area contributed by atoms with Gasteiger partial charge in [-0.05, 0) is 180 Å². The highest BCUT2D eigenvalue weighted by atomic mass is 32.2. The summed E-state index contributed by atoms with van der Waals surface area (Å²) >= 11 is 0.914. The fourth-order valence-electron chi connectivity index (χ4n) is 13.5. The van der Waals surface area contributed by atoms with Crippen molar-refractivity contribution in [3.63, 3.8) is 0 Å². The predicted molar refractivity (Wildman–Crippen MR) is 507 cm³/mol. The quantitative estimate of drug-likeness (QED) is 0.0251. The first-order valence-electron chi connectivity index (χ1n) is 46.6. The first-order chi connectivity index (χ1) is 66.8. The van der Waals surface area contributed by atoms with Crippen LogP contribution in [0.15, 0.2) is 0 Å². The Hall–Kier alpha value is -13.1. The number of carbonyl (C=O) groups excluding carboxylic acids is 21. The Morgan fingerprint density at radius 1 is 0.296 bits per heavy atom. The van der Waals surface area contributed by atoms with E-state index in [-0.39, 0.29) is 146 Å². The summed E-state index contributed by atoms with van der Waals surface area (Å²) in [5, 5.41) is 90.0. The largest absolute Gasteiger partial charge is 0.481 e. The number of nitrogens with two attached hydrogens (primary N) is 9. The molecule has 142 heavy (non-hydrogen) atoms. The van der Waals surface area contributed by atoms with Crippen LogP contribution in [0.4, 0.5) is 0 Å². The van der Waals surface area contributed by atoms with Gasteiger partial charge in [0.1, 0.15) is 96.7 Å². The molecule has 17 atom stereocenters. The number of aliphatic carboxylic acids is 4. The van der Waals surface area contributed by atoms with Crippen LogP contribution in [0.5, 0.6) is 0 Å². The fraction of sp³-hybridized carbons (Fsp3) is 0.706. The van der Waals surface area contributed by atoms with Gasteiger partial charge in [0.25, 0.3) is 0 Å². The Kier molecular flexibility index (Phi) is 64.7. The second-order valence-corrected chi connectivity index (χ2v) is 35.1. The summed E-state index contributed by atoms with van der Waals surface area (Å²) in [5.41, 5.74) is 50.3. The zero-order valence-corrected chi connectivity index (χ0v) is 81.7. The molecule has 0 aliphatic carbocycles. The molecule has 0 aromatic heterocycles. The number of rotatable bonds is 79. The van der Waals surface area contributed by atoms with Crippen LogP contribution in [0.1, 0.15) is 215 Å². The summed E-state index contributed by atoms with van der Waals surface area (Å²) in [6.07, 6.45) is -7.82. The van der Waals surface area contributed by atoms with Crippen LogP contribution in [-0.4, -0.2) is 328 Å². The van der Waals surface area contributed by atoms with Gasteiger partial charge in [-0.15, -0.1) is 11.8 Å². The van der Waals surface area contributed by atoms with Gasteiger partial charge in [-0.2, -0.15) is 0 Å². The number of nitrogens with one attached hydrogen (secondary N) is 17. The third-order valence-corrected chi connectivity index (χ3v) is 22.6. The van der Waals surface area contributed by atoms with Gasteiger partial charge in [-0.25, -0.2) is 0 Å². The van der Waals surface area contributed by atoms with Crippen LogP contribution in [0.2, 0.25) is 0 Å². The van der Waals surface area contributed by atoms with E-state index >= 15 is 0 Å². The van der Waals surface area contributed by atoms with Gasteiger partial charge >= 0.3 is 23.9 Å². The highest BCUT2D eigenvalue weighted by molar-refractivity contribution is 8.00. The van der Waals surface area contributed by atoms with Crippen molar-refractivity contribution in [1.29, 1.82) is 0 Å². The van der Waals surface area contributed by atoms with Crippen LogP contribution < -0.4 is 142 Å². The average Bonchev–Trinajstić information content (AvgIpc) is 0.849. The lowest BCUT2D eigenvalue weighted by molar-refractivity contribution is -0.142. The van der Waals surface area contributed by atoms with E-state index in [2.05, 4.69) is 90.4 Å². The summed E-state index contributed by atoms with van der Waals surface area (Å²) in [6.45, 7) is 7.42. The van der Waals surface area contributed by atoms with Gasteiger partial charge < -0.3 is 168 Å². The highest BCUT2D eigenvalue weighted by Gasteiger charge is 2.41. The Morgan fingerprint density at radius 2 is 0.592 bits per heavy atom. The molecule has 0 saturated carbocycles. The van der Waals surface area contributed by atoms with Crippen molar-refractivity contribution in [3.8, 4) is 0 Å². The Balaban J connectivity index is 7.48. The van der Waals surface area contributed by atoms with Gasteiger partial charge in [0.2, 0.25) is 124 Å². The van der Waals surface area contributed by atoms with Crippen LogP contribution >= 0.6 is 11.8 Å². The SMILES string of the molecule is CC[C@H](C)[C@H](NC(=O)[C@H](CCCCN)NC(=O)[C@H](CC(=O)O)NC(=O)[C@H](CC(C)C)NC(C)=O)C(=O)N[C@@H](CCC(=O)O)C(=O)N[C@@H](CCC(=O)O)C(=O)N[C@@H](CCC(=O)O)C(=O)N[C@@H](CCC(N)=O)C(=O)N[C@@H](CC(N)=O)C(=O)N[C@@H](CCCCN)C(=O)N[C@@H](CO)C(=O)N[C@@H](CCCCN)C(=O)N[C@@H](CCCCN)C(=O)N[C@@H](CCCCN)C(=O)N[C@@H](C)C(=O)NCC(=O)N[C@@H](CSCC(N)=O)C(N)=O.